The fraction of sp³-hybridized carbons (Fsp3) is 0.769. The first-order chi connectivity index (χ1) is 13.4. The molecule has 1 aliphatic rings. The molecule has 1 aromatic rings. The average Bonchev–Trinajstić information content (AvgIpc) is 2.67. The molecule has 1 heterocycles. The van der Waals surface area contributed by atoms with Crippen molar-refractivity contribution >= 4 is 5.69 Å². The number of likely N-dealkylation sites (tertiary alicyclic amines) is 1. The standard InChI is InChI=1S/C26H47N2/c1-6-7-8-9-10-11-15-24(3)27(26-16-13-12-14-23(26)2)20-17-25-18-21-28(4,5)22-19-25/h12-14,16,24-25H,6-11,15,17-22H2,1-5H3/q+1. The summed E-state index contributed by atoms with van der Waals surface area (Å²) in [6.07, 6.45) is 13.9. The Morgan fingerprint density at radius 3 is 2.32 bits per heavy atom. The topological polar surface area (TPSA) is 3.24 Å². The maximum absolute atomic E-state index is 2.73. The minimum absolute atomic E-state index is 0.642. The number of para-hydroxylation sites is 1. The molecule has 0 N–H and O–H groups in total. The third kappa shape index (κ3) is 7.78. The van der Waals surface area contributed by atoms with Crippen molar-refractivity contribution in [1.82, 2.24) is 0 Å². The summed E-state index contributed by atoms with van der Waals surface area (Å²) in [4.78, 5) is 2.73. The number of nitrogens with zero attached hydrogens (tertiary/aromatic N) is 2. The van der Waals surface area contributed by atoms with E-state index in [0.717, 1.165) is 5.92 Å². The molecule has 0 bridgehead atoms. The second kappa shape index (κ2) is 11.9. The molecule has 0 aliphatic carbocycles. The maximum Gasteiger partial charge on any atom is 0.0785 e. The van der Waals surface area contributed by atoms with Crippen molar-refractivity contribution in [2.75, 3.05) is 38.6 Å². The molecule has 1 fully saturated rings. The van der Waals surface area contributed by atoms with Crippen LogP contribution in [0.25, 0.3) is 0 Å². The zero-order chi connectivity index (χ0) is 20.4. The highest BCUT2D eigenvalue weighted by Crippen LogP contribution is 2.28. The van der Waals surface area contributed by atoms with Crippen molar-refractivity contribution in [3.8, 4) is 0 Å². The fourth-order valence-electron chi connectivity index (χ4n) is 4.77. The molecule has 1 saturated heterocycles. The largest absolute Gasteiger partial charge is 0.369 e. The van der Waals surface area contributed by atoms with Gasteiger partial charge in [0.1, 0.15) is 0 Å². The first-order valence-corrected chi connectivity index (χ1v) is 12.1. The van der Waals surface area contributed by atoms with Crippen molar-refractivity contribution in [3.63, 3.8) is 0 Å². The Morgan fingerprint density at radius 2 is 1.64 bits per heavy atom. The number of piperidine rings is 1. The number of hydrogen-bond donors (Lipinski definition) is 0. The van der Waals surface area contributed by atoms with Crippen LogP contribution < -0.4 is 4.90 Å². The number of quaternary nitrogens is 1. The van der Waals surface area contributed by atoms with Crippen LogP contribution in [0.2, 0.25) is 0 Å². The maximum atomic E-state index is 2.73. The second-order valence-electron chi connectivity index (χ2n) is 10.0. The SMILES string of the molecule is CCCCCCCCC(C)N(CCC1CC[N+](C)(C)CC1)c1ccccc1C. The van der Waals surface area contributed by atoms with E-state index in [9.17, 15) is 0 Å². The van der Waals surface area contributed by atoms with Gasteiger partial charge in [-0.15, -0.1) is 0 Å². The molecule has 0 radical (unpaired) electrons. The summed E-state index contributed by atoms with van der Waals surface area (Å²) >= 11 is 0. The second-order valence-corrected chi connectivity index (χ2v) is 10.0. The predicted octanol–water partition coefficient (Wildman–Crippen LogP) is 6.82. The van der Waals surface area contributed by atoms with Crippen LogP contribution in [0.5, 0.6) is 0 Å². The lowest BCUT2D eigenvalue weighted by molar-refractivity contribution is -0.896. The van der Waals surface area contributed by atoms with Gasteiger partial charge in [0.2, 0.25) is 0 Å². The molecule has 2 rings (SSSR count). The van der Waals surface area contributed by atoms with Gasteiger partial charge >= 0.3 is 0 Å². The molecule has 0 spiro atoms. The van der Waals surface area contributed by atoms with Gasteiger partial charge in [-0.3, -0.25) is 0 Å². The molecule has 1 aliphatic heterocycles. The van der Waals surface area contributed by atoms with Gasteiger partial charge < -0.3 is 9.38 Å². The molecule has 0 amide bonds. The summed E-state index contributed by atoms with van der Waals surface area (Å²) in [5.41, 5.74) is 2.90. The van der Waals surface area contributed by atoms with Gasteiger partial charge in [-0.1, -0.05) is 63.6 Å². The Morgan fingerprint density at radius 1 is 1.00 bits per heavy atom. The molecular formula is C26H47N2+. The molecule has 160 valence electrons. The quantitative estimate of drug-likeness (QED) is 0.281. The first kappa shape index (κ1) is 23.3. The summed E-state index contributed by atoms with van der Waals surface area (Å²) in [7, 11) is 4.77. The van der Waals surface area contributed by atoms with Crippen molar-refractivity contribution in [2.45, 2.75) is 91.0 Å². The molecule has 1 unspecified atom stereocenters. The first-order valence-electron chi connectivity index (χ1n) is 12.1. The van der Waals surface area contributed by atoms with Crippen LogP contribution in [0.4, 0.5) is 5.69 Å². The Labute approximate surface area is 175 Å². The number of unbranched alkanes of at least 4 members (excludes halogenated alkanes) is 5. The van der Waals surface area contributed by atoms with Gasteiger partial charge in [-0.25, -0.2) is 0 Å². The molecular weight excluding hydrogens is 340 g/mol. The van der Waals surface area contributed by atoms with Crippen molar-refractivity contribution < 1.29 is 4.48 Å². The lowest BCUT2D eigenvalue weighted by Gasteiger charge is -2.39. The zero-order valence-electron chi connectivity index (χ0n) is 19.6. The summed E-state index contributed by atoms with van der Waals surface area (Å²) in [6.45, 7) is 11.0. The number of aryl methyl sites for hydroxylation is 1. The van der Waals surface area contributed by atoms with E-state index in [1.807, 2.05) is 0 Å². The van der Waals surface area contributed by atoms with Crippen LogP contribution in [-0.2, 0) is 0 Å². The minimum Gasteiger partial charge on any atom is -0.369 e. The van der Waals surface area contributed by atoms with Crippen LogP contribution in [0.3, 0.4) is 0 Å². The predicted molar refractivity (Wildman–Crippen MR) is 125 cm³/mol. The van der Waals surface area contributed by atoms with Crippen LogP contribution in [0.1, 0.15) is 83.6 Å². The molecule has 1 atom stereocenters. The van der Waals surface area contributed by atoms with Crippen molar-refractivity contribution in [1.29, 1.82) is 0 Å². The average molecular weight is 388 g/mol. The summed E-state index contributed by atoms with van der Waals surface area (Å²) in [6, 6.07) is 9.65. The fourth-order valence-corrected chi connectivity index (χ4v) is 4.77. The van der Waals surface area contributed by atoms with Crippen LogP contribution in [0, 0.1) is 12.8 Å². The van der Waals surface area contributed by atoms with Gasteiger partial charge in [0.25, 0.3) is 0 Å². The van der Waals surface area contributed by atoms with E-state index in [2.05, 4.69) is 64.0 Å². The molecule has 28 heavy (non-hydrogen) atoms. The molecule has 1 aromatic carbocycles. The van der Waals surface area contributed by atoms with E-state index in [1.54, 1.807) is 0 Å². The summed E-state index contributed by atoms with van der Waals surface area (Å²) < 4.78 is 1.21. The van der Waals surface area contributed by atoms with Crippen molar-refractivity contribution in [2.24, 2.45) is 5.92 Å². The highest BCUT2D eigenvalue weighted by Gasteiger charge is 2.27. The van der Waals surface area contributed by atoms with E-state index in [-0.39, 0.29) is 0 Å². The number of benzene rings is 1. The van der Waals surface area contributed by atoms with Crippen LogP contribution in [-0.4, -0.2) is 44.3 Å². The normalized spacial score (nSPS) is 18.2. The molecule has 2 nitrogen and oxygen atoms in total. The minimum atomic E-state index is 0.642. The van der Waals surface area contributed by atoms with Gasteiger partial charge in [0.15, 0.2) is 0 Å². The monoisotopic (exact) mass is 387 g/mol. The van der Waals surface area contributed by atoms with E-state index < -0.39 is 0 Å². The Bertz CT molecular complexity index is 541. The zero-order valence-corrected chi connectivity index (χ0v) is 19.6. The number of hydrogen-bond acceptors (Lipinski definition) is 1. The lowest BCUT2D eigenvalue weighted by atomic mass is 9.92. The van der Waals surface area contributed by atoms with E-state index in [4.69, 9.17) is 0 Å². The molecule has 0 aromatic heterocycles. The van der Waals surface area contributed by atoms with Gasteiger partial charge in [0, 0.05) is 18.3 Å². The van der Waals surface area contributed by atoms with E-state index in [1.165, 1.54) is 99.6 Å². The Balaban J connectivity index is 1.89. The number of rotatable bonds is 12. The lowest BCUT2D eigenvalue weighted by Crippen LogP contribution is -2.46. The van der Waals surface area contributed by atoms with Gasteiger partial charge in [0.05, 0.1) is 27.2 Å². The van der Waals surface area contributed by atoms with Gasteiger partial charge in [-0.05, 0) is 57.1 Å². The highest BCUT2D eigenvalue weighted by atomic mass is 15.3. The van der Waals surface area contributed by atoms with Crippen LogP contribution in [0.15, 0.2) is 24.3 Å². The molecule has 0 saturated carbocycles. The highest BCUT2D eigenvalue weighted by molar-refractivity contribution is 5.53. The summed E-state index contributed by atoms with van der Waals surface area (Å²) in [5.74, 6) is 0.916. The van der Waals surface area contributed by atoms with Crippen LogP contribution >= 0.6 is 0 Å². The Kier molecular flexibility index (Phi) is 9.85. The molecule has 2 heteroatoms. The van der Waals surface area contributed by atoms with Crippen molar-refractivity contribution in [3.05, 3.63) is 29.8 Å². The number of anilines is 1. The third-order valence-electron chi connectivity index (χ3n) is 7.00. The smallest absolute Gasteiger partial charge is 0.0785 e. The Hall–Kier alpha value is -1.02. The summed E-state index contributed by atoms with van der Waals surface area (Å²) in [5, 5.41) is 0. The van der Waals surface area contributed by atoms with E-state index in [0.29, 0.717) is 6.04 Å². The van der Waals surface area contributed by atoms with E-state index >= 15 is 0 Å². The van der Waals surface area contributed by atoms with Gasteiger partial charge in [-0.2, -0.15) is 0 Å². The third-order valence-corrected chi connectivity index (χ3v) is 7.00.